The fourth-order valence-corrected chi connectivity index (χ4v) is 1.11. The molecule has 0 heterocycles. The number of aldehydes is 1. The lowest BCUT2D eigenvalue weighted by Gasteiger charge is -2.26. The quantitative estimate of drug-likeness (QED) is 0.502. The van der Waals surface area contributed by atoms with E-state index < -0.39 is 18.3 Å². The minimum Gasteiger partial charge on any atom is -0.393 e. The zero-order valence-corrected chi connectivity index (χ0v) is 7.89. The molecular weight excluding hydrogens is 172 g/mol. The van der Waals surface area contributed by atoms with Crippen molar-refractivity contribution in [1.29, 1.82) is 0 Å². The molecule has 4 nitrogen and oxygen atoms in total. The van der Waals surface area contributed by atoms with Gasteiger partial charge in [0.1, 0.15) is 6.29 Å². The average Bonchev–Trinajstić information content (AvgIpc) is 2.12. The molecule has 0 saturated heterocycles. The molecule has 0 radical (unpaired) electrons. The molecule has 1 aliphatic rings. The zero-order valence-electron chi connectivity index (χ0n) is 7.89. The van der Waals surface area contributed by atoms with Crippen molar-refractivity contribution in [3.05, 3.63) is 0 Å². The molecule has 3 atom stereocenters. The first-order valence-electron chi connectivity index (χ1n) is 4.59. The predicted molar refractivity (Wildman–Crippen MR) is 48.2 cm³/mol. The summed E-state index contributed by atoms with van der Waals surface area (Å²) in [4.78, 5) is 9.17. The van der Waals surface area contributed by atoms with Crippen molar-refractivity contribution >= 4 is 6.29 Å². The number of aliphatic hydroxyl groups excluding tert-OH is 3. The van der Waals surface area contributed by atoms with E-state index in [0.29, 0.717) is 25.7 Å². The van der Waals surface area contributed by atoms with Crippen LogP contribution in [0, 0.1) is 0 Å². The van der Waals surface area contributed by atoms with Crippen molar-refractivity contribution < 1.29 is 20.1 Å². The second kappa shape index (κ2) is 7.00. The molecule has 0 aliphatic heterocycles. The lowest BCUT2D eigenvalue weighted by molar-refractivity contribution is -0.107. The maximum atomic E-state index is 9.17. The summed E-state index contributed by atoms with van der Waals surface area (Å²) in [6.07, 6.45) is 1.22. The van der Waals surface area contributed by atoms with Gasteiger partial charge in [0.05, 0.1) is 18.3 Å². The van der Waals surface area contributed by atoms with E-state index in [2.05, 4.69) is 0 Å². The van der Waals surface area contributed by atoms with Gasteiger partial charge in [0, 0.05) is 12.8 Å². The van der Waals surface area contributed by atoms with Crippen molar-refractivity contribution in [1.82, 2.24) is 0 Å². The topological polar surface area (TPSA) is 77.8 Å². The van der Waals surface area contributed by atoms with E-state index in [4.69, 9.17) is 15.3 Å². The normalized spacial score (nSPS) is 33.1. The molecule has 0 aromatic rings. The molecule has 78 valence electrons. The van der Waals surface area contributed by atoms with Crippen LogP contribution in [0.3, 0.4) is 0 Å². The Labute approximate surface area is 78.2 Å². The third-order valence-corrected chi connectivity index (χ3v) is 1.92. The zero-order chi connectivity index (χ0) is 10.3. The van der Waals surface area contributed by atoms with Gasteiger partial charge in [-0.1, -0.05) is 6.92 Å². The summed E-state index contributed by atoms with van der Waals surface area (Å²) in [5, 5.41) is 26.8. The van der Waals surface area contributed by atoms with Gasteiger partial charge in [-0.2, -0.15) is 0 Å². The largest absolute Gasteiger partial charge is 0.393 e. The Morgan fingerprint density at radius 2 is 1.77 bits per heavy atom. The Morgan fingerprint density at radius 3 is 2.08 bits per heavy atom. The van der Waals surface area contributed by atoms with Crippen LogP contribution in [0.1, 0.15) is 32.6 Å². The number of hydrogen-bond donors (Lipinski definition) is 3. The Balaban J connectivity index is 0.000000310. The van der Waals surface area contributed by atoms with Gasteiger partial charge in [0.2, 0.25) is 0 Å². The number of aliphatic hydroxyl groups is 3. The molecule has 3 N–H and O–H groups in total. The van der Waals surface area contributed by atoms with Crippen LogP contribution in [0.25, 0.3) is 0 Å². The SMILES string of the molecule is CCC=O.OC1C[C@H](O)CC[C@@H]1O. The lowest BCUT2D eigenvalue weighted by Crippen LogP contribution is -2.35. The van der Waals surface area contributed by atoms with Crippen LogP contribution in [0.4, 0.5) is 0 Å². The minimum absolute atomic E-state index is 0.321. The highest BCUT2D eigenvalue weighted by molar-refractivity contribution is 5.48. The first kappa shape index (κ1) is 12.6. The van der Waals surface area contributed by atoms with Crippen molar-refractivity contribution in [2.75, 3.05) is 0 Å². The molecule has 0 aromatic carbocycles. The molecule has 0 amide bonds. The van der Waals surface area contributed by atoms with E-state index in [1.165, 1.54) is 0 Å². The standard InChI is InChI=1S/C6H12O3.C3H6O/c7-4-1-2-5(8)6(9)3-4;1-2-3-4/h4-9H,1-3H2;3H,2H2,1H3/t4-,5+,6?;/m1./s1. The highest BCUT2D eigenvalue weighted by atomic mass is 16.3. The number of carbonyl (C=O) groups is 1. The monoisotopic (exact) mass is 190 g/mol. The molecule has 1 fully saturated rings. The van der Waals surface area contributed by atoms with E-state index in [-0.39, 0.29) is 0 Å². The summed E-state index contributed by atoms with van der Waals surface area (Å²) in [7, 11) is 0. The van der Waals surface area contributed by atoms with Crippen molar-refractivity contribution in [2.24, 2.45) is 0 Å². The number of hydrogen-bond acceptors (Lipinski definition) is 4. The molecule has 0 aromatic heterocycles. The molecular formula is C9H18O4. The number of rotatable bonds is 1. The summed E-state index contributed by atoms with van der Waals surface area (Å²) in [6.45, 7) is 1.81. The van der Waals surface area contributed by atoms with Gasteiger partial charge in [0.25, 0.3) is 0 Å². The third kappa shape index (κ3) is 5.74. The maximum Gasteiger partial charge on any atom is 0.119 e. The smallest absolute Gasteiger partial charge is 0.119 e. The van der Waals surface area contributed by atoms with E-state index in [1.807, 2.05) is 6.92 Å². The second-order valence-corrected chi connectivity index (χ2v) is 3.18. The van der Waals surface area contributed by atoms with Gasteiger partial charge in [-0.05, 0) is 12.8 Å². The van der Waals surface area contributed by atoms with Crippen LogP contribution in [-0.2, 0) is 4.79 Å². The second-order valence-electron chi connectivity index (χ2n) is 3.18. The van der Waals surface area contributed by atoms with Crippen LogP contribution < -0.4 is 0 Å². The van der Waals surface area contributed by atoms with Crippen LogP contribution >= 0.6 is 0 Å². The maximum absolute atomic E-state index is 9.17. The van der Waals surface area contributed by atoms with Crippen LogP contribution in [0.5, 0.6) is 0 Å². The summed E-state index contributed by atoms with van der Waals surface area (Å²) >= 11 is 0. The van der Waals surface area contributed by atoms with Gasteiger partial charge >= 0.3 is 0 Å². The molecule has 1 rings (SSSR count). The van der Waals surface area contributed by atoms with Gasteiger partial charge in [-0.3, -0.25) is 0 Å². The third-order valence-electron chi connectivity index (χ3n) is 1.92. The van der Waals surface area contributed by atoms with E-state index in [1.54, 1.807) is 0 Å². The molecule has 0 bridgehead atoms. The summed E-state index contributed by atoms with van der Waals surface area (Å²) in [6, 6.07) is 0. The van der Waals surface area contributed by atoms with Crippen molar-refractivity contribution in [3.63, 3.8) is 0 Å². The summed E-state index contributed by atoms with van der Waals surface area (Å²) in [5.74, 6) is 0. The molecule has 1 saturated carbocycles. The van der Waals surface area contributed by atoms with Crippen LogP contribution in [-0.4, -0.2) is 39.9 Å². The van der Waals surface area contributed by atoms with Gasteiger partial charge in [-0.15, -0.1) is 0 Å². The fraction of sp³-hybridized carbons (Fsp3) is 0.889. The highest BCUT2D eigenvalue weighted by Gasteiger charge is 2.25. The molecule has 4 heteroatoms. The van der Waals surface area contributed by atoms with Crippen molar-refractivity contribution in [2.45, 2.75) is 50.9 Å². The Hall–Kier alpha value is -0.450. The first-order valence-corrected chi connectivity index (χ1v) is 4.59. The van der Waals surface area contributed by atoms with E-state index in [9.17, 15) is 4.79 Å². The number of carbonyl (C=O) groups excluding carboxylic acids is 1. The summed E-state index contributed by atoms with van der Waals surface area (Å²) < 4.78 is 0. The molecule has 1 aliphatic carbocycles. The van der Waals surface area contributed by atoms with Gasteiger partial charge in [-0.25, -0.2) is 0 Å². The first-order chi connectivity index (χ1) is 6.11. The minimum atomic E-state index is -0.714. The van der Waals surface area contributed by atoms with E-state index in [0.717, 1.165) is 6.29 Å². The highest BCUT2D eigenvalue weighted by Crippen LogP contribution is 2.18. The van der Waals surface area contributed by atoms with Crippen molar-refractivity contribution in [3.8, 4) is 0 Å². The van der Waals surface area contributed by atoms with E-state index >= 15 is 0 Å². The molecule has 0 spiro atoms. The molecule has 13 heavy (non-hydrogen) atoms. The van der Waals surface area contributed by atoms with Crippen LogP contribution in [0.2, 0.25) is 0 Å². The van der Waals surface area contributed by atoms with Gasteiger partial charge in [0.15, 0.2) is 0 Å². The summed E-state index contributed by atoms with van der Waals surface area (Å²) in [5.41, 5.74) is 0. The Bertz CT molecular complexity index is 138. The average molecular weight is 190 g/mol. The Morgan fingerprint density at radius 1 is 1.23 bits per heavy atom. The molecule has 1 unspecified atom stereocenters. The predicted octanol–water partition coefficient (Wildman–Crippen LogP) is -0.152. The fourth-order valence-electron chi connectivity index (χ4n) is 1.11. The lowest BCUT2D eigenvalue weighted by atomic mass is 9.93. The van der Waals surface area contributed by atoms with Crippen LogP contribution in [0.15, 0.2) is 0 Å². The Kier molecular flexibility index (Phi) is 6.76. The van der Waals surface area contributed by atoms with Gasteiger partial charge < -0.3 is 20.1 Å².